The quantitative estimate of drug-likeness (QED) is 0.726. The molecule has 1 unspecified atom stereocenters. The fourth-order valence-corrected chi connectivity index (χ4v) is 3.43. The maximum absolute atomic E-state index is 12.9. The molecule has 4 nitrogen and oxygen atoms in total. The third kappa shape index (κ3) is 3.13. The van der Waals surface area contributed by atoms with Crippen LogP contribution in [-0.4, -0.2) is 15.5 Å². The second kappa shape index (κ2) is 6.61. The van der Waals surface area contributed by atoms with Crippen molar-refractivity contribution in [1.29, 1.82) is 0 Å². The fourth-order valence-electron chi connectivity index (χ4n) is 3.31. The van der Waals surface area contributed by atoms with E-state index in [1.54, 1.807) is 12.5 Å². The number of rotatable bonds is 5. The first-order valence-electron chi connectivity index (χ1n) is 8.74. The summed E-state index contributed by atoms with van der Waals surface area (Å²) < 4.78 is 1.95. The molecule has 4 rings (SSSR count). The van der Waals surface area contributed by atoms with Gasteiger partial charge in [-0.3, -0.25) is 4.79 Å². The molecule has 1 saturated carbocycles. The molecule has 1 N–H and O–H groups in total. The lowest BCUT2D eigenvalue weighted by Crippen LogP contribution is -2.36. The number of benzene rings is 2. The van der Waals surface area contributed by atoms with Crippen LogP contribution in [0.2, 0.25) is 5.02 Å². The Morgan fingerprint density at radius 2 is 1.85 bits per heavy atom. The minimum absolute atomic E-state index is 0.0517. The van der Waals surface area contributed by atoms with Crippen molar-refractivity contribution in [2.24, 2.45) is 0 Å². The van der Waals surface area contributed by atoms with Gasteiger partial charge in [-0.1, -0.05) is 35.9 Å². The van der Waals surface area contributed by atoms with Gasteiger partial charge in [0.2, 0.25) is 5.91 Å². The van der Waals surface area contributed by atoms with Crippen molar-refractivity contribution in [3.63, 3.8) is 0 Å². The van der Waals surface area contributed by atoms with Gasteiger partial charge in [0.25, 0.3) is 0 Å². The normalized spacial score (nSPS) is 16.1. The fraction of sp³-hybridized carbons (Fsp3) is 0.238. The minimum atomic E-state index is -0.393. The molecule has 26 heavy (non-hydrogen) atoms. The van der Waals surface area contributed by atoms with Gasteiger partial charge < -0.3 is 9.88 Å². The van der Waals surface area contributed by atoms with Crippen molar-refractivity contribution < 1.29 is 4.79 Å². The zero-order valence-corrected chi connectivity index (χ0v) is 15.3. The maximum Gasteiger partial charge on any atom is 0.231 e. The van der Waals surface area contributed by atoms with Gasteiger partial charge >= 0.3 is 0 Å². The summed E-state index contributed by atoms with van der Waals surface area (Å²) in [6.07, 6.45) is 7.19. The molecule has 0 radical (unpaired) electrons. The van der Waals surface area contributed by atoms with Crippen molar-refractivity contribution in [3.05, 3.63) is 83.4 Å². The Kier molecular flexibility index (Phi) is 4.29. The van der Waals surface area contributed by atoms with E-state index < -0.39 is 5.41 Å². The van der Waals surface area contributed by atoms with Crippen LogP contribution in [0, 0.1) is 0 Å². The smallest absolute Gasteiger partial charge is 0.231 e. The number of hydrogen-bond acceptors (Lipinski definition) is 2. The number of hydrogen-bond donors (Lipinski definition) is 1. The number of carbonyl (C=O) groups is 1. The Hall–Kier alpha value is -2.59. The van der Waals surface area contributed by atoms with Crippen LogP contribution < -0.4 is 5.32 Å². The predicted molar refractivity (Wildman–Crippen MR) is 102 cm³/mol. The third-order valence-electron chi connectivity index (χ3n) is 5.12. The first kappa shape index (κ1) is 16.9. The van der Waals surface area contributed by atoms with E-state index in [0.29, 0.717) is 5.02 Å². The second-order valence-electron chi connectivity index (χ2n) is 6.85. The molecule has 0 saturated heterocycles. The summed E-state index contributed by atoms with van der Waals surface area (Å²) in [5.74, 6) is 0.0889. The van der Waals surface area contributed by atoms with E-state index in [4.69, 9.17) is 11.6 Å². The zero-order chi connectivity index (χ0) is 18.1. The molecule has 2 aromatic carbocycles. The number of carbonyl (C=O) groups excluding carboxylic acids is 1. The van der Waals surface area contributed by atoms with Gasteiger partial charge in [0.05, 0.1) is 17.8 Å². The molecular formula is C21H20ClN3O. The van der Waals surface area contributed by atoms with Crippen molar-refractivity contribution in [2.45, 2.75) is 31.2 Å². The molecule has 1 aliphatic rings. The van der Waals surface area contributed by atoms with Crippen molar-refractivity contribution >= 4 is 17.5 Å². The molecule has 5 heteroatoms. The van der Waals surface area contributed by atoms with E-state index in [1.165, 1.54) is 0 Å². The molecule has 1 aromatic heterocycles. The van der Waals surface area contributed by atoms with E-state index in [2.05, 4.69) is 10.3 Å². The van der Waals surface area contributed by atoms with Crippen LogP contribution in [0.1, 0.15) is 36.9 Å². The maximum atomic E-state index is 12.9. The standard InChI is InChI=1S/C21H20ClN3O/c1-15(16-2-8-19(9-3-16)25-13-12-23-14-25)24-20(26)21(10-11-21)17-4-6-18(22)7-5-17/h2-9,12-15H,10-11H2,1H3,(H,24,26). The van der Waals surface area contributed by atoms with Crippen LogP contribution >= 0.6 is 11.6 Å². The number of imidazole rings is 1. The molecule has 0 aliphatic heterocycles. The highest BCUT2D eigenvalue weighted by Gasteiger charge is 2.51. The Balaban J connectivity index is 1.46. The number of nitrogens with one attached hydrogen (secondary N) is 1. The Bertz CT molecular complexity index is 897. The zero-order valence-electron chi connectivity index (χ0n) is 14.5. The predicted octanol–water partition coefficient (Wildman–Crippen LogP) is 4.43. The molecule has 3 aromatic rings. The highest BCUT2D eigenvalue weighted by molar-refractivity contribution is 6.30. The van der Waals surface area contributed by atoms with Gasteiger partial charge in [-0.05, 0) is 55.2 Å². The SMILES string of the molecule is CC(NC(=O)C1(c2ccc(Cl)cc2)CC1)c1ccc(-n2ccnc2)cc1. The largest absolute Gasteiger partial charge is 0.349 e. The number of amides is 1. The van der Waals surface area contributed by atoms with Gasteiger partial charge in [-0.15, -0.1) is 0 Å². The molecule has 0 spiro atoms. The van der Waals surface area contributed by atoms with Crippen LogP contribution in [0.25, 0.3) is 5.69 Å². The number of nitrogens with zero attached hydrogens (tertiary/aromatic N) is 2. The molecule has 132 valence electrons. The first-order valence-corrected chi connectivity index (χ1v) is 9.12. The summed E-state index contributed by atoms with van der Waals surface area (Å²) >= 11 is 5.97. The summed E-state index contributed by atoms with van der Waals surface area (Å²) in [7, 11) is 0. The van der Waals surface area contributed by atoms with Gasteiger partial charge in [-0.2, -0.15) is 0 Å². The topological polar surface area (TPSA) is 46.9 Å². The lowest BCUT2D eigenvalue weighted by molar-refractivity contribution is -0.124. The van der Waals surface area contributed by atoms with E-state index in [9.17, 15) is 4.79 Å². The minimum Gasteiger partial charge on any atom is -0.349 e. The van der Waals surface area contributed by atoms with Crippen LogP contribution in [0.5, 0.6) is 0 Å². The van der Waals surface area contributed by atoms with Crippen LogP contribution in [0.3, 0.4) is 0 Å². The molecule has 1 fully saturated rings. The van der Waals surface area contributed by atoms with E-state index in [1.807, 2.05) is 66.2 Å². The third-order valence-corrected chi connectivity index (χ3v) is 5.38. The summed E-state index contributed by atoms with van der Waals surface area (Å²) in [4.78, 5) is 17.0. The number of halogens is 1. The Morgan fingerprint density at radius 1 is 1.15 bits per heavy atom. The summed E-state index contributed by atoms with van der Waals surface area (Å²) in [5, 5.41) is 3.87. The van der Waals surface area contributed by atoms with Crippen LogP contribution in [-0.2, 0) is 10.2 Å². The van der Waals surface area contributed by atoms with Crippen molar-refractivity contribution in [1.82, 2.24) is 14.9 Å². The molecule has 0 bridgehead atoms. The number of aromatic nitrogens is 2. The van der Waals surface area contributed by atoms with Crippen LogP contribution in [0.4, 0.5) is 0 Å². The van der Waals surface area contributed by atoms with Gasteiger partial charge in [0.1, 0.15) is 0 Å². The first-order chi connectivity index (χ1) is 12.6. The summed E-state index contributed by atoms with van der Waals surface area (Å²) in [5.41, 5.74) is 2.77. The average molecular weight is 366 g/mol. The molecular weight excluding hydrogens is 346 g/mol. The lowest BCUT2D eigenvalue weighted by Gasteiger charge is -2.20. The van der Waals surface area contributed by atoms with Crippen molar-refractivity contribution in [3.8, 4) is 5.69 Å². The van der Waals surface area contributed by atoms with Gasteiger partial charge in [0.15, 0.2) is 0 Å². The van der Waals surface area contributed by atoms with Crippen molar-refractivity contribution in [2.75, 3.05) is 0 Å². The molecule has 1 amide bonds. The van der Waals surface area contributed by atoms with E-state index in [0.717, 1.165) is 29.7 Å². The lowest BCUT2D eigenvalue weighted by atomic mass is 9.94. The van der Waals surface area contributed by atoms with E-state index in [-0.39, 0.29) is 11.9 Å². The van der Waals surface area contributed by atoms with E-state index >= 15 is 0 Å². The second-order valence-corrected chi connectivity index (χ2v) is 7.28. The highest BCUT2D eigenvalue weighted by atomic mass is 35.5. The molecule has 1 heterocycles. The molecule has 1 atom stereocenters. The molecule has 1 aliphatic carbocycles. The Labute approximate surface area is 157 Å². The summed E-state index contributed by atoms with van der Waals surface area (Å²) in [6.45, 7) is 2.02. The average Bonchev–Trinajstić information content (AvgIpc) is 3.29. The van der Waals surface area contributed by atoms with Gasteiger partial charge in [-0.25, -0.2) is 4.98 Å². The highest BCUT2D eigenvalue weighted by Crippen LogP contribution is 2.48. The summed E-state index contributed by atoms with van der Waals surface area (Å²) in [6, 6.07) is 15.7. The monoisotopic (exact) mass is 365 g/mol. The van der Waals surface area contributed by atoms with Gasteiger partial charge in [0, 0.05) is 23.1 Å². The Morgan fingerprint density at radius 3 is 2.42 bits per heavy atom. The van der Waals surface area contributed by atoms with Crippen LogP contribution in [0.15, 0.2) is 67.3 Å².